The Morgan fingerprint density at radius 1 is 0.750 bits per heavy atom. The van der Waals surface area contributed by atoms with E-state index in [4.69, 9.17) is 0 Å². The highest BCUT2D eigenvalue weighted by Gasteiger charge is 1.86. The van der Waals surface area contributed by atoms with Gasteiger partial charge in [-0.1, -0.05) is 0 Å². The summed E-state index contributed by atoms with van der Waals surface area (Å²) in [5, 5.41) is 0. The third kappa shape index (κ3) is 1.03. The fourth-order valence-corrected chi connectivity index (χ4v) is 0.430. The van der Waals surface area contributed by atoms with Gasteiger partial charge in [-0.05, 0) is 24.3 Å². The predicted octanol–water partition coefficient (Wildman–Crippen LogP) is 1.96. The van der Waals surface area contributed by atoms with Crippen LogP contribution in [0.3, 0.4) is 0 Å². The molecule has 0 atom stereocenters. The van der Waals surface area contributed by atoms with E-state index in [1.165, 1.54) is 0 Å². The minimum Gasteiger partial charge on any atom is -0.207 e. The molecule has 0 unspecified atom stereocenters. The number of halogens is 2. The maximum absolute atomic E-state index is 11.9. The minimum atomic E-state index is -0.411. The zero-order valence-electron chi connectivity index (χ0n) is 4.07. The lowest BCUT2D eigenvalue weighted by Crippen LogP contribution is -1.72. The van der Waals surface area contributed by atoms with E-state index in [0.717, 1.165) is 24.3 Å². The van der Waals surface area contributed by atoms with E-state index in [2.05, 4.69) is 0 Å². The van der Waals surface area contributed by atoms with Crippen LogP contribution in [0.4, 0.5) is 8.78 Å². The Labute approximate surface area is 45.8 Å². The van der Waals surface area contributed by atoms with Crippen LogP contribution in [0.5, 0.6) is 0 Å². The van der Waals surface area contributed by atoms with Crippen LogP contribution in [0.15, 0.2) is 24.3 Å². The molecule has 0 N–H and O–H groups in total. The number of hydrogen-bond donors (Lipinski definition) is 0. The van der Waals surface area contributed by atoms with Crippen molar-refractivity contribution in [1.82, 2.24) is 0 Å². The zero-order valence-corrected chi connectivity index (χ0v) is 4.07. The monoisotopic (exact) mass is 113 g/mol. The van der Waals surface area contributed by atoms with Gasteiger partial charge in [0, 0.05) is 0 Å². The van der Waals surface area contributed by atoms with Crippen LogP contribution >= 0.6 is 0 Å². The molecule has 8 heavy (non-hydrogen) atoms. The quantitative estimate of drug-likeness (QED) is 0.482. The van der Waals surface area contributed by atoms with Crippen molar-refractivity contribution in [3.8, 4) is 0 Å². The van der Waals surface area contributed by atoms with Gasteiger partial charge < -0.3 is 0 Å². The van der Waals surface area contributed by atoms with Crippen molar-refractivity contribution < 1.29 is 8.78 Å². The molecule has 0 amide bonds. The standard InChI is InChI=1S/C6H4F2/c7-5-1-2-6(8)4-3-5/h1-4H/i7-1. The van der Waals surface area contributed by atoms with Crippen LogP contribution in [-0.4, -0.2) is 0 Å². The Hall–Kier alpha value is -0.920. The van der Waals surface area contributed by atoms with E-state index >= 15 is 0 Å². The highest BCUT2D eigenvalue weighted by molar-refractivity contribution is 5.04. The SMILES string of the molecule is Fc1ccc([18F])cc1. The van der Waals surface area contributed by atoms with Gasteiger partial charge in [-0.2, -0.15) is 0 Å². The molecule has 0 saturated heterocycles. The van der Waals surface area contributed by atoms with Gasteiger partial charge in [0.25, 0.3) is 0 Å². The summed E-state index contributed by atoms with van der Waals surface area (Å²) in [6.45, 7) is 0. The topological polar surface area (TPSA) is 0 Å². The summed E-state index contributed by atoms with van der Waals surface area (Å²) in [5.74, 6) is -0.821. The van der Waals surface area contributed by atoms with Crippen LogP contribution in [0, 0.1) is 11.6 Å². The first-order valence-corrected chi connectivity index (χ1v) is 2.20. The third-order valence-electron chi connectivity index (χ3n) is 0.804. The Kier molecular flexibility index (Phi) is 1.24. The summed E-state index contributed by atoms with van der Waals surface area (Å²) >= 11 is 0. The second-order valence-electron chi connectivity index (χ2n) is 1.44. The van der Waals surface area contributed by atoms with Gasteiger partial charge in [0.2, 0.25) is 0 Å². The second-order valence-corrected chi connectivity index (χ2v) is 1.44. The summed E-state index contributed by atoms with van der Waals surface area (Å²) in [6, 6.07) is 4.31. The lowest BCUT2D eigenvalue weighted by molar-refractivity contribution is 0.600. The van der Waals surface area contributed by atoms with Crippen molar-refractivity contribution >= 4 is 0 Å². The molecular formula is C6H4F2. The average molecular weight is 113 g/mol. The summed E-state index contributed by atoms with van der Waals surface area (Å²) in [6.07, 6.45) is 0. The largest absolute Gasteiger partial charge is 0.207 e. The molecule has 42 valence electrons. The predicted molar refractivity (Wildman–Crippen MR) is 26.4 cm³/mol. The van der Waals surface area contributed by atoms with Gasteiger partial charge in [0.15, 0.2) is 0 Å². The van der Waals surface area contributed by atoms with Crippen molar-refractivity contribution in [2.45, 2.75) is 0 Å². The van der Waals surface area contributed by atoms with E-state index in [1.807, 2.05) is 0 Å². The van der Waals surface area contributed by atoms with E-state index in [-0.39, 0.29) is 0 Å². The summed E-state index contributed by atoms with van der Waals surface area (Å²) < 4.78 is 23.8. The van der Waals surface area contributed by atoms with Crippen LogP contribution in [-0.2, 0) is 0 Å². The first-order valence-electron chi connectivity index (χ1n) is 2.20. The Morgan fingerprint density at radius 2 is 1.00 bits per heavy atom. The molecule has 0 aliphatic carbocycles. The van der Waals surface area contributed by atoms with Gasteiger partial charge in [-0.15, -0.1) is 0 Å². The maximum Gasteiger partial charge on any atom is 0.123 e. The lowest BCUT2D eigenvalue weighted by atomic mass is 10.3. The zero-order chi connectivity index (χ0) is 5.98. The highest BCUT2D eigenvalue weighted by Crippen LogP contribution is 1.98. The molecule has 0 aliphatic rings. The molecule has 2 heteroatoms. The molecule has 1 aromatic rings. The van der Waals surface area contributed by atoms with Crippen molar-refractivity contribution in [3.63, 3.8) is 0 Å². The third-order valence-corrected chi connectivity index (χ3v) is 0.804. The van der Waals surface area contributed by atoms with Gasteiger partial charge in [0.1, 0.15) is 11.6 Å². The first kappa shape index (κ1) is 5.22. The normalized spacial score (nSPS) is 9.25. The van der Waals surface area contributed by atoms with E-state index in [0.29, 0.717) is 0 Å². The molecule has 1 rings (SSSR count). The fraction of sp³-hybridized carbons (Fsp3) is 0. The van der Waals surface area contributed by atoms with Crippen molar-refractivity contribution in [3.05, 3.63) is 35.9 Å². The van der Waals surface area contributed by atoms with Crippen molar-refractivity contribution in [2.24, 2.45) is 0 Å². The Morgan fingerprint density at radius 3 is 1.25 bits per heavy atom. The van der Waals surface area contributed by atoms with Crippen LogP contribution in [0.2, 0.25) is 0 Å². The molecule has 0 radical (unpaired) electrons. The number of benzene rings is 1. The number of rotatable bonds is 0. The Bertz CT molecular complexity index is 145. The molecule has 0 aliphatic heterocycles. The molecule has 0 nitrogen and oxygen atoms in total. The molecule has 0 spiro atoms. The molecule has 1 aromatic carbocycles. The Balaban J connectivity index is 3.03. The molecule has 0 fully saturated rings. The maximum atomic E-state index is 11.9. The van der Waals surface area contributed by atoms with Crippen molar-refractivity contribution in [2.75, 3.05) is 0 Å². The highest BCUT2D eigenvalue weighted by atomic mass is 19.1. The lowest BCUT2D eigenvalue weighted by Gasteiger charge is -1.83. The smallest absolute Gasteiger partial charge is 0.123 e. The first-order chi connectivity index (χ1) is 3.79. The summed E-state index contributed by atoms with van der Waals surface area (Å²) in [5.41, 5.74) is 0. The fourth-order valence-electron chi connectivity index (χ4n) is 0.430. The van der Waals surface area contributed by atoms with E-state index < -0.39 is 11.6 Å². The van der Waals surface area contributed by atoms with E-state index in [9.17, 15) is 8.78 Å². The van der Waals surface area contributed by atoms with Crippen LogP contribution < -0.4 is 0 Å². The van der Waals surface area contributed by atoms with Crippen molar-refractivity contribution in [1.29, 1.82) is 0 Å². The molecule has 0 saturated carbocycles. The van der Waals surface area contributed by atoms with E-state index in [1.54, 1.807) is 0 Å². The van der Waals surface area contributed by atoms with Gasteiger partial charge in [0.05, 0.1) is 0 Å². The van der Waals surface area contributed by atoms with Gasteiger partial charge >= 0.3 is 0 Å². The summed E-state index contributed by atoms with van der Waals surface area (Å²) in [4.78, 5) is 0. The number of hydrogen-bond acceptors (Lipinski definition) is 0. The van der Waals surface area contributed by atoms with Crippen LogP contribution in [0.25, 0.3) is 0 Å². The molecular weight excluding hydrogens is 109 g/mol. The molecule has 0 bridgehead atoms. The average Bonchev–Trinajstić information content (AvgIpc) is 1.77. The second kappa shape index (κ2) is 1.90. The molecule has 0 aromatic heterocycles. The van der Waals surface area contributed by atoms with Crippen LogP contribution in [0.1, 0.15) is 0 Å². The van der Waals surface area contributed by atoms with Gasteiger partial charge in [-0.3, -0.25) is 0 Å². The summed E-state index contributed by atoms with van der Waals surface area (Å²) in [7, 11) is 0. The molecule has 0 heterocycles. The minimum absolute atomic E-state index is 0.411. The van der Waals surface area contributed by atoms with Gasteiger partial charge in [-0.25, -0.2) is 8.78 Å².